The lowest BCUT2D eigenvalue weighted by atomic mass is 10.1. The minimum Gasteiger partial charge on any atom is -0.370 e. The van der Waals surface area contributed by atoms with Gasteiger partial charge in [0.2, 0.25) is 0 Å². The zero-order valence-electron chi connectivity index (χ0n) is 11.2. The molecule has 1 aliphatic rings. The monoisotopic (exact) mass is 261 g/mol. The van der Waals surface area contributed by atoms with E-state index in [1.54, 1.807) is 6.20 Å². The Bertz CT molecular complexity index is 533. The fraction of sp³-hybridized carbons (Fsp3) is 0.538. The quantitative estimate of drug-likeness (QED) is 0.776. The van der Waals surface area contributed by atoms with Gasteiger partial charge in [0.05, 0.1) is 11.4 Å². The Morgan fingerprint density at radius 1 is 1.42 bits per heavy atom. The van der Waals surface area contributed by atoms with Gasteiger partial charge in [0.15, 0.2) is 0 Å². The number of aryl methyl sites for hydroxylation is 1. The fourth-order valence-corrected chi connectivity index (χ4v) is 2.47. The van der Waals surface area contributed by atoms with Crippen molar-refractivity contribution in [1.82, 2.24) is 25.7 Å². The molecule has 2 atom stereocenters. The number of rotatable bonds is 4. The molecular formula is C13H19N5O. The molecule has 1 fully saturated rings. The average molecular weight is 261 g/mol. The second-order valence-corrected chi connectivity index (χ2v) is 5.00. The third-order valence-corrected chi connectivity index (χ3v) is 3.81. The second-order valence-electron chi connectivity index (χ2n) is 5.00. The Labute approximate surface area is 111 Å². The van der Waals surface area contributed by atoms with Gasteiger partial charge >= 0.3 is 0 Å². The van der Waals surface area contributed by atoms with Crippen LogP contribution < -0.4 is 5.32 Å². The molecule has 0 saturated carbocycles. The minimum atomic E-state index is 0.0582. The number of nitrogens with one attached hydrogen (secondary N) is 3. The molecule has 0 bridgehead atoms. The summed E-state index contributed by atoms with van der Waals surface area (Å²) in [5.74, 6) is 0. The number of hydrogen-bond acceptors (Lipinski definition) is 4. The summed E-state index contributed by atoms with van der Waals surface area (Å²) >= 11 is 0. The molecule has 19 heavy (non-hydrogen) atoms. The molecule has 6 heteroatoms. The molecule has 0 amide bonds. The van der Waals surface area contributed by atoms with Crippen LogP contribution in [-0.2, 0) is 11.3 Å². The maximum Gasteiger partial charge on any atom is 0.114 e. The predicted molar refractivity (Wildman–Crippen MR) is 70.6 cm³/mol. The molecule has 0 aromatic carbocycles. The Kier molecular flexibility index (Phi) is 3.35. The van der Waals surface area contributed by atoms with E-state index < -0.39 is 0 Å². The normalized spacial score (nSPS) is 23.1. The van der Waals surface area contributed by atoms with E-state index in [2.05, 4.69) is 32.6 Å². The molecule has 0 spiro atoms. The SMILES string of the molecule is Cc1[nH]nc(CN[C@H]2CCO[C@@H]2c2ccn[nH]2)c1C. The first-order valence-electron chi connectivity index (χ1n) is 6.60. The molecule has 102 valence electrons. The van der Waals surface area contributed by atoms with Crippen LogP contribution in [0.25, 0.3) is 0 Å². The maximum absolute atomic E-state index is 5.77. The fourth-order valence-electron chi connectivity index (χ4n) is 2.47. The molecule has 0 aliphatic carbocycles. The first-order chi connectivity index (χ1) is 9.25. The number of ether oxygens (including phenoxy) is 1. The third kappa shape index (κ3) is 2.41. The topological polar surface area (TPSA) is 78.6 Å². The molecule has 2 aromatic heterocycles. The van der Waals surface area contributed by atoms with Crippen LogP contribution in [0.5, 0.6) is 0 Å². The van der Waals surface area contributed by atoms with Gasteiger partial charge in [0, 0.05) is 31.1 Å². The van der Waals surface area contributed by atoms with Crippen LogP contribution in [0.3, 0.4) is 0 Å². The first-order valence-corrected chi connectivity index (χ1v) is 6.60. The Morgan fingerprint density at radius 3 is 3.00 bits per heavy atom. The van der Waals surface area contributed by atoms with Crippen molar-refractivity contribution in [2.75, 3.05) is 6.61 Å². The molecule has 3 heterocycles. The summed E-state index contributed by atoms with van der Waals surface area (Å²) in [6, 6.07) is 2.27. The van der Waals surface area contributed by atoms with E-state index in [9.17, 15) is 0 Å². The summed E-state index contributed by atoms with van der Waals surface area (Å²) in [7, 11) is 0. The Hall–Kier alpha value is -1.66. The standard InChI is InChI=1S/C13H19N5O/c1-8-9(2)16-18-12(8)7-14-10-4-6-19-13(10)11-3-5-15-17-11/h3,5,10,13-14H,4,6-7H2,1-2H3,(H,15,17)(H,16,18)/t10-,13-/m0/s1. The largest absolute Gasteiger partial charge is 0.370 e. The maximum atomic E-state index is 5.77. The highest BCUT2D eigenvalue weighted by Gasteiger charge is 2.30. The number of nitrogens with zero attached hydrogens (tertiary/aromatic N) is 2. The zero-order chi connectivity index (χ0) is 13.2. The summed E-state index contributed by atoms with van der Waals surface area (Å²) in [5, 5.41) is 17.8. The molecule has 1 aliphatic heterocycles. The van der Waals surface area contributed by atoms with Crippen molar-refractivity contribution in [3.8, 4) is 0 Å². The molecular weight excluding hydrogens is 242 g/mol. The summed E-state index contributed by atoms with van der Waals surface area (Å²) in [6.07, 6.45) is 2.82. The van der Waals surface area contributed by atoms with Crippen LogP contribution in [0.1, 0.15) is 35.2 Å². The number of hydrogen-bond donors (Lipinski definition) is 3. The van der Waals surface area contributed by atoms with Crippen LogP contribution >= 0.6 is 0 Å². The third-order valence-electron chi connectivity index (χ3n) is 3.81. The predicted octanol–water partition coefficient (Wildman–Crippen LogP) is 1.37. The molecule has 1 saturated heterocycles. The Morgan fingerprint density at radius 2 is 2.32 bits per heavy atom. The number of aromatic amines is 2. The van der Waals surface area contributed by atoms with Gasteiger partial charge in [-0.15, -0.1) is 0 Å². The van der Waals surface area contributed by atoms with Crippen LogP contribution in [-0.4, -0.2) is 33.0 Å². The highest BCUT2D eigenvalue weighted by molar-refractivity contribution is 5.22. The number of aromatic nitrogens is 4. The van der Waals surface area contributed by atoms with Gasteiger partial charge in [-0.3, -0.25) is 10.2 Å². The van der Waals surface area contributed by atoms with Gasteiger partial charge in [-0.2, -0.15) is 10.2 Å². The second kappa shape index (κ2) is 5.14. The molecule has 3 N–H and O–H groups in total. The molecule has 0 unspecified atom stereocenters. The Balaban J connectivity index is 1.65. The van der Waals surface area contributed by atoms with E-state index in [4.69, 9.17) is 4.74 Å². The van der Waals surface area contributed by atoms with Crippen LogP contribution in [0.15, 0.2) is 12.3 Å². The van der Waals surface area contributed by atoms with Gasteiger partial charge in [0.25, 0.3) is 0 Å². The van der Waals surface area contributed by atoms with E-state index in [0.29, 0.717) is 6.04 Å². The van der Waals surface area contributed by atoms with Crippen LogP contribution in [0.2, 0.25) is 0 Å². The lowest BCUT2D eigenvalue weighted by Crippen LogP contribution is -2.31. The van der Waals surface area contributed by atoms with Gasteiger partial charge in [-0.25, -0.2) is 0 Å². The zero-order valence-corrected chi connectivity index (χ0v) is 11.2. The lowest BCUT2D eigenvalue weighted by Gasteiger charge is -2.18. The smallest absolute Gasteiger partial charge is 0.114 e. The van der Waals surface area contributed by atoms with E-state index in [1.807, 2.05) is 13.0 Å². The van der Waals surface area contributed by atoms with Crippen molar-refractivity contribution in [1.29, 1.82) is 0 Å². The molecule has 0 radical (unpaired) electrons. The van der Waals surface area contributed by atoms with Gasteiger partial charge in [0.1, 0.15) is 6.10 Å². The van der Waals surface area contributed by atoms with Gasteiger partial charge < -0.3 is 10.1 Å². The molecule has 3 rings (SSSR count). The first kappa shape index (κ1) is 12.4. The van der Waals surface area contributed by atoms with Crippen molar-refractivity contribution in [3.63, 3.8) is 0 Å². The van der Waals surface area contributed by atoms with Crippen molar-refractivity contribution in [3.05, 3.63) is 34.9 Å². The van der Waals surface area contributed by atoms with E-state index in [0.717, 1.165) is 36.7 Å². The average Bonchev–Trinajstić information content (AvgIpc) is 3.11. The summed E-state index contributed by atoms with van der Waals surface area (Å²) in [5.41, 5.74) is 4.46. The molecule has 6 nitrogen and oxygen atoms in total. The van der Waals surface area contributed by atoms with Crippen molar-refractivity contribution < 1.29 is 4.74 Å². The highest BCUT2D eigenvalue weighted by atomic mass is 16.5. The van der Waals surface area contributed by atoms with Crippen molar-refractivity contribution >= 4 is 0 Å². The van der Waals surface area contributed by atoms with E-state index in [1.165, 1.54) is 5.56 Å². The van der Waals surface area contributed by atoms with Crippen LogP contribution in [0.4, 0.5) is 0 Å². The van der Waals surface area contributed by atoms with E-state index in [-0.39, 0.29) is 6.10 Å². The summed E-state index contributed by atoms with van der Waals surface area (Å²) < 4.78 is 5.77. The lowest BCUT2D eigenvalue weighted by molar-refractivity contribution is 0.0950. The highest BCUT2D eigenvalue weighted by Crippen LogP contribution is 2.27. The van der Waals surface area contributed by atoms with Gasteiger partial charge in [-0.05, 0) is 31.9 Å². The minimum absolute atomic E-state index is 0.0582. The van der Waals surface area contributed by atoms with Gasteiger partial charge in [-0.1, -0.05) is 0 Å². The van der Waals surface area contributed by atoms with E-state index >= 15 is 0 Å². The summed E-state index contributed by atoms with van der Waals surface area (Å²) in [6.45, 7) is 5.67. The van der Waals surface area contributed by atoms with Crippen molar-refractivity contribution in [2.24, 2.45) is 0 Å². The van der Waals surface area contributed by atoms with Crippen LogP contribution in [0, 0.1) is 13.8 Å². The summed E-state index contributed by atoms with van der Waals surface area (Å²) in [4.78, 5) is 0. The van der Waals surface area contributed by atoms with Crippen molar-refractivity contribution in [2.45, 2.75) is 39.0 Å². The number of H-pyrrole nitrogens is 2. The molecule has 2 aromatic rings.